The Balaban J connectivity index is 0.000000671. The summed E-state index contributed by atoms with van der Waals surface area (Å²) >= 11 is 0. The van der Waals surface area contributed by atoms with Crippen molar-refractivity contribution in [2.24, 2.45) is 0 Å². The second-order valence-electron chi connectivity index (χ2n) is 2.52. The van der Waals surface area contributed by atoms with Gasteiger partial charge in [0.2, 0.25) is 0 Å². The van der Waals surface area contributed by atoms with E-state index in [-0.39, 0.29) is 5.92 Å². The van der Waals surface area contributed by atoms with Crippen molar-refractivity contribution in [1.82, 2.24) is 4.98 Å². The molecule has 1 unspecified atom stereocenters. The molecule has 0 N–H and O–H groups in total. The maximum atomic E-state index is 8.42. The molecule has 0 saturated carbocycles. The Morgan fingerprint density at radius 1 is 1.46 bits per heavy atom. The standard InChI is InChI=1S/C9H10N2.C2H6/c1-8(5-6-10)9-4-2-3-7-11-9;1-2/h2-4,7-8H,5H2,1H3;1-2H3. The van der Waals surface area contributed by atoms with Gasteiger partial charge < -0.3 is 0 Å². The Bertz CT molecular complexity index is 249. The first-order valence-electron chi connectivity index (χ1n) is 4.62. The summed E-state index contributed by atoms with van der Waals surface area (Å²) in [4.78, 5) is 4.15. The Morgan fingerprint density at radius 2 is 2.15 bits per heavy atom. The number of hydrogen-bond acceptors (Lipinski definition) is 2. The van der Waals surface area contributed by atoms with Gasteiger partial charge >= 0.3 is 0 Å². The summed E-state index contributed by atoms with van der Waals surface area (Å²) < 4.78 is 0. The minimum absolute atomic E-state index is 0.251. The first-order valence-corrected chi connectivity index (χ1v) is 4.62. The molecule has 0 aromatic carbocycles. The molecule has 1 rings (SSSR count). The third-order valence-electron chi connectivity index (χ3n) is 1.59. The molecular formula is C11H16N2. The van der Waals surface area contributed by atoms with Crippen molar-refractivity contribution in [1.29, 1.82) is 5.26 Å². The Hall–Kier alpha value is -1.36. The molecule has 0 aliphatic heterocycles. The summed E-state index contributed by atoms with van der Waals surface area (Å²) in [5, 5.41) is 8.42. The van der Waals surface area contributed by atoms with E-state index in [4.69, 9.17) is 5.26 Å². The molecule has 0 amide bonds. The van der Waals surface area contributed by atoms with Crippen LogP contribution in [0.1, 0.15) is 38.8 Å². The maximum absolute atomic E-state index is 8.42. The molecule has 0 saturated heterocycles. The van der Waals surface area contributed by atoms with Gasteiger partial charge in [-0.05, 0) is 12.1 Å². The van der Waals surface area contributed by atoms with E-state index in [0.29, 0.717) is 6.42 Å². The molecule has 2 heteroatoms. The summed E-state index contributed by atoms with van der Waals surface area (Å²) in [6.45, 7) is 6.01. The van der Waals surface area contributed by atoms with Crippen molar-refractivity contribution >= 4 is 0 Å². The largest absolute Gasteiger partial charge is 0.261 e. The lowest BCUT2D eigenvalue weighted by molar-refractivity contribution is 0.757. The minimum atomic E-state index is 0.251. The van der Waals surface area contributed by atoms with Crippen LogP contribution in [0.5, 0.6) is 0 Å². The highest BCUT2D eigenvalue weighted by Crippen LogP contribution is 2.14. The van der Waals surface area contributed by atoms with E-state index in [0.717, 1.165) is 5.69 Å². The molecule has 2 nitrogen and oxygen atoms in total. The lowest BCUT2D eigenvalue weighted by Crippen LogP contribution is -1.94. The first-order chi connectivity index (χ1) is 6.34. The molecule has 1 atom stereocenters. The highest BCUT2D eigenvalue weighted by Gasteiger charge is 2.03. The Labute approximate surface area is 80.2 Å². The summed E-state index contributed by atoms with van der Waals surface area (Å²) in [6.07, 6.45) is 2.29. The molecule has 1 aromatic rings. The Morgan fingerprint density at radius 3 is 2.62 bits per heavy atom. The molecule has 0 aliphatic rings. The third kappa shape index (κ3) is 4.27. The lowest BCUT2D eigenvalue weighted by atomic mass is 10.0. The van der Waals surface area contributed by atoms with E-state index in [1.54, 1.807) is 6.20 Å². The van der Waals surface area contributed by atoms with Crippen LogP contribution < -0.4 is 0 Å². The van der Waals surface area contributed by atoms with E-state index >= 15 is 0 Å². The highest BCUT2D eigenvalue weighted by atomic mass is 14.7. The van der Waals surface area contributed by atoms with Crippen LogP contribution in [0.3, 0.4) is 0 Å². The van der Waals surface area contributed by atoms with Crippen molar-refractivity contribution in [3.8, 4) is 6.07 Å². The third-order valence-corrected chi connectivity index (χ3v) is 1.59. The van der Waals surface area contributed by atoms with E-state index < -0.39 is 0 Å². The van der Waals surface area contributed by atoms with Gasteiger partial charge in [0.05, 0.1) is 6.07 Å². The summed E-state index contributed by atoms with van der Waals surface area (Å²) in [5.74, 6) is 0.251. The van der Waals surface area contributed by atoms with Crippen molar-refractivity contribution in [2.75, 3.05) is 0 Å². The van der Waals surface area contributed by atoms with Gasteiger partial charge in [0.1, 0.15) is 0 Å². The van der Waals surface area contributed by atoms with Crippen LogP contribution in [0.4, 0.5) is 0 Å². The molecule has 0 spiro atoms. The second-order valence-corrected chi connectivity index (χ2v) is 2.52. The van der Waals surface area contributed by atoms with Crippen LogP contribution in [0, 0.1) is 11.3 Å². The van der Waals surface area contributed by atoms with E-state index in [2.05, 4.69) is 11.1 Å². The molecule has 1 heterocycles. The molecule has 70 valence electrons. The van der Waals surface area contributed by atoms with Crippen LogP contribution in [0.25, 0.3) is 0 Å². The summed E-state index contributed by atoms with van der Waals surface area (Å²) in [6, 6.07) is 7.89. The van der Waals surface area contributed by atoms with E-state index in [1.165, 1.54) is 0 Å². The van der Waals surface area contributed by atoms with Crippen molar-refractivity contribution in [2.45, 2.75) is 33.1 Å². The average molecular weight is 176 g/mol. The highest BCUT2D eigenvalue weighted by molar-refractivity contribution is 5.09. The van der Waals surface area contributed by atoms with Gasteiger partial charge in [-0.3, -0.25) is 4.98 Å². The molecule has 0 radical (unpaired) electrons. The van der Waals surface area contributed by atoms with Crippen molar-refractivity contribution in [3.05, 3.63) is 30.1 Å². The van der Waals surface area contributed by atoms with E-state index in [9.17, 15) is 0 Å². The zero-order valence-electron chi connectivity index (χ0n) is 8.49. The molecule has 13 heavy (non-hydrogen) atoms. The molecule has 1 aromatic heterocycles. The van der Waals surface area contributed by atoms with E-state index in [1.807, 2.05) is 39.0 Å². The number of nitrogens with zero attached hydrogens (tertiary/aromatic N) is 2. The van der Waals surface area contributed by atoms with Crippen LogP contribution in [-0.4, -0.2) is 4.98 Å². The van der Waals surface area contributed by atoms with Crippen molar-refractivity contribution < 1.29 is 0 Å². The van der Waals surface area contributed by atoms with Gasteiger partial charge in [-0.15, -0.1) is 0 Å². The van der Waals surface area contributed by atoms with Gasteiger partial charge in [0.15, 0.2) is 0 Å². The Kier molecular flexibility index (Phi) is 6.53. The topological polar surface area (TPSA) is 36.7 Å². The van der Waals surface area contributed by atoms with Gasteiger partial charge in [0, 0.05) is 24.2 Å². The molecule has 0 aliphatic carbocycles. The van der Waals surface area contributed by atoms with Gasteiger partial charge in [-0.25, -0.2) is 0 Å². The SMILES string of the molecule is CC.CC(CC#N)c1ccccn1. The maximum Gasteiger partial charge on any atom is 0.0628 e. The quantitative estimate of drug-likeness (QED) is 0.694. The predicted octanol–water partition coefficient (Wildman–Crippen LogP) is 3.12. The number of nitriles is 1. The smallest absolute Gasteiger partial charge is 0.0628 e. The monoisotopic (exact) mass is 176 g/mol. The van der Waals surface area contributed by atoms with Gasteiger partial charge in [-0.2, -0.15) is 5.26 Å². The zero-order valence-corrected chi connectivity index (χ0v) is 8.49. The predicted molar refractivity (Wildman–Crippen MR) is 54.2 cm³/mol. The molecule has 0 fully saturated rings. The van der Waals surface area contributed by atoms with Crippen LogP contribution in [0.15, 0.2) is 24.4 Å². The number of rotatable bonds is 2. The minimum Gasteiger partial charge on any atom is -0.261 e. The lowest BCUT2D eigenvalue weighted by Gasteiger charge is -2.03. The average Bonchev–Trinajstić information content (AvgIpc) is 2.23. The summed E-state index contributed by atoms with van der Waals surface area (Å²) in [5.41, 5.74) is 0.994. The number of aromatic nitrogens is 1. The fraction of sp³-hybridized carbons (Fsp3) is 0.455. The second kappa shape index (κ2) is 7.30. The number of pyridine rings is 1. The van der Waals surface area contributed by atoms with Crippen LogP contribution in [0.2, 0.25) is 0 Å². The normalized spacial score (nSPS) is 10.6. The first kappa shape index (κ1) is 11.6. The van der Waals surface area contributed by atoms with Gasteiger partial charge in [-0.1, -0.05) is 26.8 Å². The van der Waals surface area contributed by atoms with Gasteiger partial charge in [0.25, 0.3) is 0 Å². The molecule has 0 bridgehead atoms. The fourth-order valence-electron chi connectivity index (χ4n) is 0.909. The number of hydrogen-bond donors (Lipinski definition) is 0. The van der Waals surface area contributed by atoms with Crippen LogP contribution >= 0.6 is 0 Å². The zero-order chi connectivity index (χ0) is 10.1. The summed E-state index contributed by atoms with van der Waals surface area (Å²) in [7, 11) is 0. The molecular weight excluding hydrogens is 160 g/mol. The van der Waals surface area contributed by atoms with Crippen molar-refractivity contribution in [3.63, 3.8) is 0 Å². The fourth-order valence-corrected chi connectivity index (χ4v) is 0.909. The van der Waals surface area contributed by atoms with Crippen LogP contribution in [-0.2, 0) is 0 Å².